The van der Waals surface area contributed by atoms with Crippen molar-refractivity contribution < 1.29 is 13.7 Å². The van der Waals surface area contributed by atoms with Gasteiger partial charge in [0.05, 0.1) is 11.4 Å². The standard InChI is InChI=1S/C13H20N2O3S/c1-9(19(2)16)3-4-15-11-8-13-12(7-10(11)14)17-5-6-18-13/h7-9,15H,3-6,14H2,1-2H3. The highest BCUT2D eigenvalue weighted by Gasteiger charge is 2.14. The minimum Gasteiger partial charge on any atom is -0.486 e. The van der Waals surface area contributed by atoms with Crippen molar-refractivity contribution in [3.8, 4) is 11.5 Å². The molecule has 0 fully saturated rings. The molecular formula is C13H20N2O3S. The van der Waals surface area contributed by atoms with Gasteiger partial charge in [-0.15, -0.1) is 0 Å². The molecule has 1 heterocycles. The fourth-order valence-corrected chi connectivity index (χ4v) is 2.28. The average molecular weight is 284 g/mol. The molecule has 1 aromatic carbocycles. The van der Waals surface area contributed by atoms with Crippen LogP contribution in [-0.4, -0.2) is 35.5 Å². The Balaban J connectivity index is 1.98. The second kappa shape index (κ2) is 6.14. The van der Waals surface area contributed by atoms with Crippen LogP contribution in [0.2, 0.25) is 0 Å². The summed E-state index contributed by atoms with van der Waals surface area (Å²) in [6.07, 6.45) is 2.56. The van der Waals surface area contributed by atoms with E-state index in [0.717, 1.165) is 24.4 Å². The molecule has 19 heavy (non-hydrogen) atoms. The number of anilines is 2. The van der Waals surface area contributed by atoms with E-state index in [1.54, 1.807) is 12.3 Å². The Hall–Kier alpha value is -1.43. The summed E-state index contributed by atoms with van der Waals surface area (Å²) in [5.74, 6) is 1.41. The van der Waals surface area contributed by atoms with E-state index >= 15 is 0 Å². The average Bonchev–Trinajstić information content (AvgIpc) is 2.39. The number of fused-ring (bicyclic) bond motifs is 1. The summed E-state index contributed by atoms with van der Waals surface area (Å²) in [6, 6.07) is 3.63. The molecule has 0 bridgehead atoms. The van der Waals surface area contributed by atoms with E-state index in [0.29, 0.717) is 24.7 Å². The molecule has 3 N–H and O–H groups in total. The van der Waals surface area contributed by atoms with E-state index in [2.05, 4.69) is 5.32 Å². The maximum atomic E-state index is 11.3. The van der Waals surface area contributed by atoms with Crippen LogP contribution in [0.5, 0.6) is 11.5 Å². The fraction of sp³-hybridized carbons (Fsp3) is 0.538. The number of benzene rings is 1. The quantitative estimate of drug-likeness (QED) is 0.804. The van der Waals surface area contributed by atoms with Crippen molar-refractivity contribution in [3.05, 3.63) is 12.1 Å². The van der Waals surface area contributed by atoms with Gasteiger partial charge < -0.3 is 20.5 Å². The van der Waals surface area contributed by atoms with Crippen LogP contribution in [0.25, 0.3) is 0 Å². The van der Waals surface area contributed by atoms with Crippen molar-refractivity contribution in [1.29, 1.82) is 0 Å². The van der Waals surface area contributed by atoms with Gasteiger partial charge in [0.1, 0.15) is 13.2 Å². The molecule has 0 aliphatic carbocycles. The highest BCUT2D eigenvalue weighted by Crippen LogP contribution is 2.36. The van der Waals surface area contributed by atoms with Crippen molar-refractivity contribution in [3.63, 3.8) is 0 Å². The van der Waals surface area contributed by atoms with Gasteiger partial charge in [-0.1, -0.05) is 6.92 Å². The number of rotatable bonds is 5. The number of nitrogens with one attached hydrogen (secondary N) is 1. The summed E-state index contributed by atoms with van der Waals surface area (Å²) in [5.41, 5.74) is 7.43. The molecular weight excluding hydrogens is 264 g/mol. The minimum absolute atomic E-state index is 0.172. The van der Waals surface area contributed by atoms with E-state index in [1.165, 1.54) is 0 Å². The van der Waals surface area contributed by atoms with Gasteiger partial charge in [0.25, 0.3) is 0 Å². The SMILES string of the molecule is CC(CCNc1cc2c(cc1N)OCCO2)S(C)=O. The van der Waals surface area contributed by atoms with Crippen LogP contribution in [0.4, 0.5) is 11.4 Å². The molecule has 0 radical (unpaired) electrons. The lowest BCUT2D eigenvalue weighted by molar-refractivity contribution is 0.172. The molecule has 1 aliphatic rings. The summed E-state index contributed by atoms with van der Waals surface area (Å²) in [6.45, 7) is 3.82. The molecule has 0 saturated carbocycles. The molecule has 2 unspecified atom stereocenters. The largest absolute Gasteiger partial charge is 0.486 e. The van der Waals surface area contributed by atoms with Gasteiger partial charge in [-0.3, -0.25) is 4.21 Å². The smallest absolute Gasteiger partial charge is 0.163 e. The highest BCUT2D eigenvalue weighted by molar-refractivity contribution is 7.84. The van der Waals surface area contributed by atoms with E-state index in [-0.39, 0.29) is 5.25 Å². The molecule has 1 aromatic rings. The van der Waals surface area contributed by atoms with E-state index in [1.807, 2.05) is 13.0 Å². The minimum atomic E-state index is -0.791. The fourth-order valence-electron chi connectivity index (χ4n) is 1.83. The van der Waals surface area contributed by atoms with Crippen molar-refractivity contribution >= 4 is 22.2 Å². The van der Waals surface area contributed by atoms with Gasteiger partial charge in [0, 0.05) is 41.0 Å². The second-order valence-corrected chi connectivity index (χ2v) is 6.41. The highest BCUT2D eigenvalue weighted by atomic mass is 32.2. The zero-order chi connectivity index (χ0) is 13.8. The number of hydrogen-bond donors (Lipinski definition) is 2. The van der Waals surface area contributed by atoms with Crippen molar-refractivity contribution in [1.82, 2.24) is 0 Å². The van der Waals surface area contributed by atoms with Crippen LogP contribution in [0.3, 0.4) is 0 Å². The Labute approximate surface area is 115 Å². The number of nitrogens with two attached hydrogens (primary N) is 1. The predicted octanol–water partition coefficient (Wildman–Crippen LogP) is 1.61. The first kappa shape index (κ1) is 14.0. The van der Waals surface area contributed by atoms with Gasteiger partial charge in [0.15, 0.2) is 11.5 Å². The van der Waals surface area contributed by atoms with Gasteiger partial charge in [0.2, 0.25) is 0 Å². The topological polar surface area (TPSA) is 73.6 Å². The molecule has 2 atom stereocenters. The van der Waals surface area contributed by atoms with E-state index < -0.39 is 10.8 Å². The third-order valence-corrected chi connectivity index (χ3v) is 4.52. The Morgan fingerprint density at radius 3 is 2.63 bits per heavy atom. The molecule has 106 valence electrons. The van der Waals surface area contributed by atoms with Gasteiger partial charge in [-0.05, 0) is 6.42 Å². The van der Waals surface area contributed by atoms with Crippen LogP contribution in [0.15, 0.2) is 12.1 Å². The van der Waals surface area contributed by atoms with Crippen molar-refractivity contribution in [2.24, 2.45) is 0 Å². The number of hydrogen-bond acceptors (Lipinski definition) is 5. The molecule has 0 amide bonds. The molecule has 0 spiro atoms. The summed E-state index contributed by atoms with van der Waals surface area (Å²) in [5, 5.41) is 3.43. The van der Waals surface area contributed by atoms with Gasteiger partial charge in [-0.2, -0.15) is 0 Å². The maximum Gasteiger partial charge on any atom is 0.163 e. The van der Waals surface area contributed by atoms with E-state index in [9.17, 15) is 4.21 Å². The maximum absolute atomic E-state index is 11.3. The van der Waals surface area contributed by atoms with Crippen LogP contribution >= 0.6 is 0 Å². The second-order valence-electron chi connectivity index (χ2n) is 4.61. The van der Waals surface area contributed by atoms with Crippen LogP contribution in [0, 0.1) is 0 Å². The Kier molecular flexibility index (Phi) is 4.52. The molecule has 5 nitrogen and oxygen atoms in total. The van der Waals surface area contributed by atoms with Crippen LogP contribution in [0.1, 0.15) is 13.3 Å². The molecule has 2 rings (SSSR count). The van der Waals surface area contributed by atoms with E-state index in [4.69, 9.17) is 15.2 Å². The summed E-state index contributed by atoms with van der Waals surface area (Å²) >= 11 is 0. The number of nitrogen functional groups attached to an aromatic ring is 1. The first-order valence-electron chi connectivity index (χ1n) is 6.33. The Morgan fingerprint density at radius 1 is 1.37 bits per heavy atom. The summed E-state index contributed by atoms with van der Waals surface area (Å²) < 4.78 is 22.2. The first-order valence-corrected chi connectivity index (χ1v) is 7.95. The lowest BCUT2D eigenvalue weighted by Crippen LogP contribution is -2.17. The molecule has 1 aliphatic heterocycles. The predicted molar refractivity (Wildman–Crippen MR) is 78.5 cm³/mol. The third-order valence-electron chi connectivity index (χ3n) is 3.15. The normalized spacial score (nSPS) is 16.7. The summed E-state index contributed by atoms with van der Waals surface area (Å²) in [7, 11) is -0.791. The van der Waals surface area contributed by atoms with Crippen molar-refractivity contribution in [2.45, 2.75) is 18.6 Å². The lowest BCUT2D eigenvalue weighted by Gasteiger charge is -2.20. The monoisotopic (exact) mass is 284 g/mol. The number of ether oxygens (including phenoxy) is 2. The zero-order valence-corrected chi connectivity index (χ0v) is 12.1. The van der Waals surface area contributed by atoms with Crippen LogP contribution in [-0.2, 0) is 10.8 Å². The molecule has 0 aromatic heterocycles. The Bertz CT molecular complexity index is 479. The zero-order valence-electron chi connectivity index (χ0n) is 11.3. The van der Waals surface area contributed by atoms with Gasteiger partial charge >= 0.3 is 0 Å². The molecule has 6 heteroatoms. The Morgan fingerprint density at radius 2 is 2.00 bits per heavy atom. The van der Waals surface area contributed by atoms with Crippen LogP contribution < -0.4 is 20.5 Å². The first-order chi connectivity index (χ1) is 9.08. The van der Waals surface area contributed by atoms with Crippen molar-refractivity contribution in [2.75, 3.05) is 37.1 Å². The lowest BCUT2D eigenvalue weighted by atomic mass is 10.2. The molecule has 0 saturated heterocycles. The van der Waals surface area contributed by atoms with Gasteiger partial charge in [-0.25, -0.2) is 0 Å². The summed E-state index contributed by atoms with van der Waals surface area (Å²) in [4.78, 5) is 0. The third kappa shape index (κ3) is 3.53.